The van der Waals surface area contributed by atoms with Gasteiger partial charge in [0, 0.05) is 15.7 Å². The number of nitrogens with one attached hydrogen (secondary N) is 1. The van der Waals surface area contributed by atoms with Gasteiger partial charge in [0.05, 0.1) is 6.04 Å². The number of aryl methyl sites for hydroxylation is 1. The molecule has 0 aromatic heterocycles. The molecule has 110 valence electrons. The molecule has 0 saturated carbocycles. The summed E-state index contributed by atoms with van der Waals surface area (Å²) in [5.41, 5.74) is 9.30. The summed E-state index contributed by atoms with van der Waals surface area (Å²) in [5.74, 6) is -0.124. The van der Waals surface area contributed by atoms with Crippen molar-refractivity contribution in [1.29, 1.82) is 0 Å². The van der Waals surface area contributed by atoms with Crippen LogP contribution in [0, 0.1) is 0 Å². The Morgan fingerprint density at radius 3 is 2.48 bits per heavy atom. The number of amides is 1. The van der Waals surface area contributed by atoms with Gasteiger partial charge in [-0.25, -0.2) is 0 Å². The van der Waals surface area contributed by atoms with Crippen LogP contribution in [0.5, 0.6) is 0 Å². The molecule has 2 aromatic carbocycles. The van der Waals surface area contributed by atoms with Crippen LogP contribution < -0.4 is 11.1 Å². The first kappa shape index (κ1) is 15.6. The summed E-state index contributed by atoms with van der Waals surface area (Å²) >= 11 is 3.32. The second-order valence-electron chi connectivity index (χ2n) is 5.03. The van der Waals surface area contributed by atoms with Gasteiger partial charge in [-0.15, -0.1) is 0 Å². The molecule has 0 aliphatic heterocycles. The molecule has 0 aliphatic rings. The van der Waals surface area contributed by atoms with Crippen LogP contribution in [0.1, 0.15) is 41.4 Å². The van der Waals surface area contributed by atoms with Gasteiger partial charge in [0.25, 0.3) is 5.91 Å². The number of carbonyl (C=O) groups is 1. The van der Waals surface area contributed by atoms with Gasteiger partial charge in [-0.05, 0) is 58.6 Å². The summed E-state index contributed by atoms with van der Waals surface area (Å²) in [6, 6.07) is 13.5. The van der Waals surface area contributed by atoms with Crippen molar-refractivity contribution in [2.75, 3.05) is 5.73 Å². The quantitative estimate of drug-likeness (QED) is 0.819. The van der Waals surface area contributed by atoms with E-state index in [0.29, 0.717) is 11.3 Å². The molecular formula is C17H19BrN2O. The smallest absolute Gasteiger partial charge is 0.251 e. The molecule has 0 fully saturated rings. The van der Waals surface area contributed by atoms with E-state index >= 15 is 0 Å². The summed E-state index contributed by atoms with van der Waals surface area (Å²) in [6.07, 6.45) is 1.01. The molecule has 0 saturated heterocycles. The standard InChI is InChI=1S/C17H19BrN2O/c1-3-12-4-6-13(7-5-12)11(2)20-17(21)14-8-9-15(18)16(19)10-14/h4-11H,3,19H2,1-2H3,(H,20,21). The molecule has 2 aromatic rings. The highest BCUT2D eigenvalue weighted by molar-refractivity contribution is 9.10. The Morgan fingerprint density at radius 2 is 1.90 bits per heavy atom. The van der Waals surface area contributed by atoms with Crippen molar-refractivity contribution in [1.82, 2.24) is 5.32 Å². The van der Waals surface area contributed by atoms with Crippen LogP contribution in [0.3, 0.4) is 0 Å². The summed E-state index contributed by atoms with van der Waals surface area (Å²) < 4.78 is 0.794. The largest absolute Gasteiger partial charge is 0.398 e. The van der Waals surface area contributed by atoms with Crippen LogP contribution in [0.25, 0.3) is 0 Å². The normalized spacial score (nSPS) is 12.0. The molecule has 1 atom stereocenters. The van der Waals surface area contributed by atoms with Crippen LogP contribution in [0.2, 0.25) is 0 Å². The van der Waals surface area contributed by atoms with E-state index in [2.05, 4.69) is 52.4 Å². The molecule has 4 heteroatoms. The average molecular weight is 347 g/mol. The fourth-order valence-electron chi connectivity index (χ4n) is 2.09. The number of rotatable bonds is 4. The average Bonchev–Trinajstić information content (AvgIpc) is 2.50. The minimum Gasteiger partial charge on any atom is -0.398 e. The lowest BCUT2D eigenvalue weighted by molar-refractivity contribution is 0.0940. The molecule has 1 amide bonds. The maximum atomic E-state index is 12.2. The Labute approximate surface area is 133 Å². The number of anilines is 1. The van der Waals surface area contributed by atoms with Crippen LogP contribution >= 0.6 is 15.9 Å². The minimum atomic E-state index is -0.124. The molecule has 0 bridgehead atoms. The summed E-state index contributed by atoms with van der Waals surface area (Å²) in [4.78, 5) is 12.2. The maximum absolute atomic E-state index is 12.2. The Bertz CT molecular complexity index is 638. The van der Waals surface area contributed by atoms with Gasteiger partial charge < -0.3 is 11.1 Å². The first-order valence-corrected chi connectivity index (χ1v) is 7.75. The van der Waals surface area contributed by atoms with E-state index < -0.39 is 0 Å². The third kappa shape index (κ3) is 3.85. The Morgan fingerprint density at radius 1 is 1.24 bits per heavy atom. The van der Waals surface area contributed by atoms with Gasteiger partial charge >= 0.3 is 0 Å². The van der Waals surface area contributed by atoms with Crippen molar-refractivity contribution in [2.45, 2.75) is 26.3 Å². The van der Waals surface area contributed by atoms with Crippen LogP contribution in [-0.4, -0.2) is 5.91 Å². The highest BCUT2D eigenvalue weighted by Crippen LogP contribution is 2.21. The van der Waals surface area contributed by atoms with Crippen LogP contribution in [-0.2, 0) is 6.42 Å². The number of hydrogen-bond acceptors (Lipinski definition) is 2. The molecule has 3 N–H and O–H groups in total. The summed E-state index contributed by atoms with van der Waals surface area (Å²) in [7, 11) is 0. The van der Waals surface area contributed by atoms with Crippen molar-refractivity contribution >= 4 is 27.5 Å². The van der Waals surface area contributed by atoms with E-state index in [1.165, 1.54) is 5.56 Å². The molecule has 0 spiro atoms. The Hall–Kier alpha value is -1.81. The lowest BCUT2D eigenvalue weighted by Gasteiger charge is -2.15. The van der Waals surface area contributed by atoms with Crippen molar-refractivity contribution in [3.63, 3.8) is 0 Å². The van der Waals surface area contributed by atoms with Gasteiger partial charge in [-0.2, -0.15) is 0 Å². The molecule has 0 aliphatic carbocycles. The number of halogens is 1. The van der Waals surface area contributed by atoms with E-state index in [-0.39, 0.29) is 11.9 Å². The van der Waals surface area contributed by atoms with Gasteiger partial charge in [-0.1, -0.05) is 31.2 Å². The van der Waals surface area contributed by atoms with Crippen molar-refractivity contribution < 1.29 is 4.79 Å². The van der Waals surface area contributed by atoms with Gasteiger partial charge in [0.15, 0.2) is 0 Å². The summed E-state index contributed by atoms with van der Waals surface area (Å²) in [5, 5.41) is 2.99. The fraction of sp³-hybridized carbons (Fsp3) is 0.235. The fourth-order valence-corrected chi connectivity index (χ4v) is 2.34. The molecule has 1 unspecified atom stereocenters. The van der Waals surface area contributed by atoms with Crippen molar-refractivity contribution in [2.24, 2.45) is 0 Å². The molecule has 0 radical (unpaired) electrons. The second kappa shape index (κ2) is 6.76. The summed E-state index contributed by atoms with van der Waals surface area (Å²) in [6.45, 7) is 4.10. The van der Waals surface area contributed by atoms with E-state index in [1.54, 1.807) is 18.2 Å². The molecule has 0 heterocycles. The topological polar surface area (TPSA) is 55.1 Å². The van der Waals surface area contributed by atoms with Crippen LogP contribution in [0.4, 0.5) is 5.69 Å². The number of carbonyl (C=O) groups excluding carboxylic acids is 1. The maximum Gasteiger partial charge on any atom is 0.251 e. The molecule has 2 rings (SSSR count). The lowest BCUT2D eigenvalue weighted by Crippen LogP contribution is -2.26. The SMILES string of the molecule is CCc1ccc(C(C)NC(=O)c2ccc(Br)c(N)c2)cc1. The van der Waals surface area contributed by atoms with Gasteiger partial charge in [0.2, 0.25) is 0 Å². The zero-order valence-corrected chi connectivity index (χ0v) is 13.8. The van der Waals surface area contributed by atoms with Crippen molar-refractivity contribution in [3.05, 3.63) is 63.6 Å². The number of nitrogen functional groups attached to an aromatic ring is 1. The predicted octanol–water partition coefficient (Wildman–Crippen LogP) is 4.08. The lowest BCUT2D eigenvalue weighted by atomic mass is 10.0. The highest BCUT2D eigenvalue weighted by Gasteiger charge is 2.12. The van der Waals surface area contributed by atoms with Gasteiger partial charge in [0.1, 0.15) is 0 Å². The third-order valence-electron chi connectivity index (χ3n) is 3.49. The van der Waals surface area contributed by atoms with Crippen molar-refractivity contribution in [3.8, 4) is 0 Å². The predicted molar refractivity (Wildman–Crippen MR) is 90.3 cm³/mol. The first-order chi connectivity index (χ1) is 10.0. The second-order valence-corrected chi connectivity index (χ2v) is 5.88. The zero-order chi connectivity index (χ0) is 15.4. The Balaban J connectivity index is 2.08. The number of benzene rings is 2. The van der Waals surface area contributed by atoms with E-state index in [1.807, 2.05) is 6.92 Å². The minimum absolute atomic E-state index is 0.0479. The highest BCUT2D eigenvalue weighted by atomic mass is 79.9. The van der Waals surface area contributed by atoms with Gasteiger partial charge in [-0.3, -0.25) is 4.79 Å². The zero-order valence-electron chi connectivity index (χ0n) is 12.2. The molecule has 21 heavy (non-hydrogen) atoms. The van der Waals surface area contributed by atoms with E-state index in [4.69, 9.17) is 5.73 Å². The van der Waals surface area contributed by atoms with Crippen LogP contribution in [0.15, 0.2) is 46.9 Å². The third-order valence-corrected chi connectivity index (χ3v) is 4.22. The monoisotopic (exact) mass is 346 g/mol. The number of hydrogen-bond donors (Lipinski definition) is 2. The number of nitrogens with two attached hydrogens (primary N) is 1. The van der Waals surface area contributed by atoms with E-state index in [9.17, 15) is 4.79 Å². The van der Waals surface area contributed by atoms with E-state index in [0.717, 1.165) is 16.5 Å². The Kier molecular flexibility index (Phi) is 5.02. The molecular weight excluding hydrogens is 328 g/mol. The molecule has 3 nitrogen and oxygen atoms in total. The first-order valence-electron chi connectivity index (χ1n) is 6.96.